The van der Waals surface area contributed by atoms with Crippen molar-refractivity contribution in [2.24, 2.45) is 5.73 Å². The van der Waals surface area contributed by atoms with Gasteiger partial charge in [0.15, 0.2) is 0 Å². The molecule has 1 unspecified atom stereocenters. The van der Waals surface area contributed by atoms with Gasteiger partial charge in [-0.2, -0.15) is 0 Å². The minimum atomic E-state index is -0.819. The second-order valence-electron chi connectivity index (χ2n) is 2.16. The fourth-order valence-corrected chi connectivity index (χ4v) is 0.762. The third-order valence-corrected chi connectivity index (χ3v) is 1.33. The third kappa shape index (κ3) is 3.06. The Morgan fingerprint density at radius 3 is 2.92 bits per heavy atom. The predicted molar refractivity (Wildman–Crippen MR) is 48.0 cm³/mol. The molecule has 0 aliphatic heterocycles. The molecule has 3 N–H and O–H groups in total. The first-order valence-electron chi connectivity index (χ1n) is 3.37. The SMILES string of the molecule is CONC(=O)C(N)c1ccco1.Cl. The number of rotatable bonds is 3. The molecule has 1 heterocycles. The summed E-state index contributed by atoms with van der Waals surface area (Å²) in [5, 5.41) is 0. The number of carbonyl (C=O) groups is 1. The number of carbonyl (C=O) groups excluding carboxylic acids is 1. The second-order valence-corrected chi connectivity index (χ2v) is 2.16. The maximum atomic E-state index is 11.0. The molecule has 0 saturated carbocycles. The molecular weight excluding hydrogens is 196 g/mol. The van der Waals surface area contributed by atoms with Gasteiger partial charge in [-0.3, -0.25) is 9.63 Å². The number of nitrogens with two attached hydrogens (primary N) is 1. The average Bonchev–Trinajstić information content (AvgIpc) is 2.55. The number of halogens is 1. The zero-order valence-electron chi connectivity index (χ0n) is 7.02. The van der Waals surface area contributed by atoms with Gasteiger partial charge in [-0.05, 0) is 12.1 Å². The lowest BCUT2D eigenvalue weighted by Crippen LogP contribution is -2.32. The molecule has 0 fully saturated rings. The van der Waals surface area contributed by atoms with Crippen LogP contribution in [0.4, 0.5) is 0 Å². The minimum absolute atomic E-state index is 0. The molecule has 1 aromatic heterocycles. The first-order valence-corrected chi connectivity index (χ1v) is 3.37. The van der Waals surface area contributed by atoms with E-state index < -0.39 is 11.9 Å². The van der Waals surface area contributed by atoms with Crippen molar-refractivity contribution < 1.29 is 14.0 Å². The lowest BCUT2D eigenvalue weighted by atomic mass is 10.2. The highest BCUT2D eigenvalue weighted by Crippen LogP contribution is 2.09. The van der Waals surface area contributed by atoms with E-state index in [1.165, 1.54) is 13.4 Å². The fraction of sp³-hybridized carbons (Fsp3) is 0.286. The lowest BCUT2D eigenvalue weighted by molar-refractivity contribution is -0.133. The smallest absolute Gasteiger partial charge is 0.268 e. The first-order chi connectivity index (χ1) is 5.75. The van der Waals surface area contributed by atoms with Crippen LogP contribution in [0.1, 0.15) is 11.8 Å². The van der Waals surface area contributed by atoms with Crippen LogP contribution in [-0.2, 0) is 9.63 Å². The zero-order valence-corrected chi connectivity index (χ0v) is 7.84. The summed E-state index contributed by atoms with van der Waals surface area (Å²) in [7, 11) is 1.34. The molecule has 0 bridgehead atoms. The number of hydrogen-bond acceptors (Lipinski definition) is 4. The topological polar surface area (TPSA) is 77.5 Å². The fourth-order valence-electron chi connectivity index (χ4n) is 0.762. The monoisotopic (exact) mass is 206 g/mol. The molecule has 74 valence electrons. The Balaban J connectivity index is 0.00000144. The van der Waals surface area contributed by atoms with Gasteiger partial charge >= 0.3 is 0 Å². The molecule has 6 heteroatoms. The highest BCUT2D eigenvalue weighted by molar-refractivity contribution is 5.85. The molecular formula is C7H11ClN2O3. The van der Waals surface area contributed by atoms with Crippen molar-refractivity contribution in [3.63, 3.8) is 0 Å². The Morgan fingerprint density at radius 1 is 1.77 bits per heavy atom. The van der Waals surface area contributed by atoms with Crippen LogP contribution in [0.3, 0.4) is 0 Å². The molecule has 0 aromatic carbocycles. The van der Waals surface area contributed by atoms with Gasteiger partial charge in [0.1, 0.15) is 11.8 Å². The van der Waals surface area contributed by atoms with E-state index in [0.717, 1.165) is 0 Å². The summed E-state index contributed by atoms with van der Waals surface area (Å²) >= 11 is 0. The Hall–Kier alpha value is -1.04. The van der Waals surface area contributed by atoms with Gasteiger partial charge < -0.3 is 10.2 Å². The van der Waals surface area contributed by atoms with Crippen molar-refractivity contribution in [2.75, 3.05) is 7.11 Å². The van der Waals surface area contributed by atoms with E-state index in [2.05, 4.69) is 10.3 Å². The van der Waals surface area contributed by atoms with Gasteiger partial charge in [0.05, 0.1) is 13.4 Å². The number of hydroxylamine groups is 1. The Labute approximate surface area is 81.6 Å². The molecule has 1 rings (SSSR count). The molecule has 0 aliphatic carbocycles. The average molecular weight is 207 g/mol. The van der Waals surface area contributed by atoms with Gasteiger partial charge in [0, 0.05) is 0 Å². The first kappa shape index (κ1) is 12.0. The summed E-state index contributed by atoms with van der Waals surface area (Å²) in [6, 6.07) is 2.47. The van der Waals surface area contributed by atoms with Crippen LogP contribution in [0, 0.1) is 0 Å². The normalized spacial score (nSPS) is 11.5. The van der Waals surface area contributed by atoms with Gasteiger partial charge in [-0.25, -0.2) is 5.48 Å². The molecule has 0 spiro atoms. The van der Waals surface area contributed by atoms with E-state index in [1.807, 2.05) is 0 Å². The quantitative estimate of drug-likeness (QED) is 0.701. The molecule has 0 aliphatic rings. The van der Waals surface area contributed by atoms with Crippen molar-refractivity contribution in [2.45, 2.75) is 6.04 Å². The van der Waals surface area contributed by atoms with Crippen LogP contribution in [0.15, 0.2) is 22.8 Å². The molecule has 1 atom stereocenters. The zero-order chi connectivity index (χ0) is 8.97. The molecule has 0 radical (unpaired) electrons. The largest absolute Gasteiger partial charge is 0.467 e. The van der Waals surface area contributed by atoms with E-state index in [9.17, 15) is 4.79 Å². The molecule has 1 amide bonds. The van der Waals surface area contributed by atoms with Crippen LogP contribution in [-0.4, -0.2) is 13.0 Å². The number of amides is 1. The van der Waals surface area contributed by atoms with E-state index in [-0.39, 0.29) is 12.4 Å². The number of hydrogen-bond donors (Lipinski definition) is 2. The summed E-state index contributed by atoms with van der Waals surface area (Å²) in [4.78, 5) is 15.4. The molecule has 1 aromatic rings. The third-order valence-electron chi connectivity index (χ3n) is 1.33. The van der Waals surface area contributed by atoms with Crippen molar-refractivity contribution in [1.29, 1.82) is 0 Å². The Morgan fingerprint density at radius 2 is 2.46 bits per heavy atom. The van der Waals surface area contributed by atoms with Gasteiger partial charge in [0.2, 0.25) is 0 Å². The van der Waals surface area contributed by atoms with E-state index in [4.69, 9.17) is 10.2 Å². The van der Waals surface area contributed by atoms with Gasteiger partial charge in [0.25, 0.3) is 5.91 Å². The number of furan rings is 1. The Bertz CT molecular complexity index is 250. The standard InChI is InChI=1S/C7H10N2O3.ClH/c1-11-9-7(10)6(8)5-3-2-4-12-5;/h2-4,6H,8H2,1H3,(H,9,10);1H. The summed E-state index contributed by atoms with van der Waals surface area (Å²) in [6.07, 6.45) is 1.45. The van der Waals surface area contributed by atoms with Crippen molar-refractivity contribution in [1.82, 2.24) is 5.48 Å². The van der Waals surface area contributed by atoms with Crippen molar-refractivity contribution in [3.05, 3.63) is 24.2 Å². The molecule has 13 heavy (non-hydrogen) atoms. The maximum absolute atomic E-state index is 11.0. The molecule has 0 saturated heterocycles. The van der Waals surface area contributed by atoms with Crippen LogP contribution < -0.4 is 11.2 Å². The summed E-state index contributed by atoms with van der Waals surface area (Å²) < 4.78 is 4.92. The summed E-state index contributed by atoms with van der Waals surface area (Å²) in [6.45, 7) is 0. The minimum Gasteiger partial charge on any atom is -0.467 e. The molecule has 5 nitrogen and oxygen atoms in total. The highest BCUT2D eigenvalue weighted by Gasteiger charge is 2.17. The summed E-state index contributed by atoms with van der Waals surface area (Å²) in [5.74, 6) is -0.0306. The lowest BCUT2D eigenvalue weighted by Gasteiger charge is -2.06. The van der Waals surface area contributed by atoms with E-state index >= 15 is 0 Å². The predicted octanol–water partition coefficient (Wildman–Crippen LogP) is 0.379. The van der Waals surface area contributed by atoms with Crippen molar-refractivity contribution >= 4 is 18.3 Å². The van der Waals surface area contributed by atoms with Crippen LogP contribution >= 0.6 is 12.4 Å². The van der Waals surface area contributed by atoms with Crippen LogP contribution in [0.2, 0.25) is 0 Å². The highest BCUT2D eigenvalue weighted by atomic mass is 35.5. The summed E-state index contributed by atoms with van der Waals surface area (Å²) in [5.41, 5.74) is 7.59. The second kappa shape index (κ2) is 5.58. The van der Waals surface area contributed by atoms with Gasteiger partial charge in [-0.15, -0.1) is 12.4 Å². The van der Waals surface area contributed by atoms with Gasteiger partial charge in [-0.1, -0.05) is 0 Å². The maximum Gasteiger partial charge on any atom is 0.268 e. The van der Waals surface area contributed by atoms with E-state index in [0.29, 0.717) is 5.76 Å². The van der Waals surface area contributed by atoms with Crippen LogP contribution in [0.5, 0.6) is 0 Å². The number of nitrogens with one attached hydrogen (secondary N) is 1. The Kier molecular flexibility index (Phi) is 5.13. The van der Waals surface area contributed by atoms with Crippen molar-refractivity contribution in [3.8, 4) is 0 Å². The van der Waals surface area contributed by atoms with E-state index in [1.54, 1.807) is 12.1 Å². The van der Waals surface area contributed by atoms with Crippen LogP contribution in [0.25, 0.3) is 0 Å².